The molecule has 0 aliphatic carbocycles. The van der Waals surface area contributed by atoms with Crippen molar-refractivity contribution in [1.82, 2.24) is 25.0 Å². The van der Waals surface area contributed by atoms with Gasteiger partial charge in [-0.1, -0.05) is 6.92 Å². The van der Waals surface area contributed by atoms with Crippen molar-refractivity contribution in [3.8, 4) is 0 Å². The maximum atomic E-state index is 5.35. The molecular weight excluding hydrogens is 487 g/mol. The van der Waals surface area contributed by atoms with E-state index in [9.17, 15) is 0 Å². The summed E-state index contributed by atoms with van der Waals surface area (Å²) < 4.78 is 5.35. The normalized spacial score (nSPS) is 18.4. The van der Waals surface area contributed by atoms with Crippen LogP contribution >= 0.6 is 35.3 Å². The summed E-state index contributed by atoms with van der Waals surface area (Å²) in [4.78, 5) is 16.2. The van der Waals surface area contributed by atoms with Crippen LogP contribution in [0.5, 0.6) is 0 Å². The Kier molecular flexibility index (Phi) is 11.8. The molecule has 2 heterocycles. The lowest BCUT2D eigenvalue weighted by Gasteiger charge is -2.34. The van der Waals surface area contributed by atoms with Gasteiger partial charge in [-0.15, -0.1) is 35.3 Å². The fourth-order valence-electron chi connectivity index (χ4n) is 3.19. The number of hydrogen-bond acceptors (Lipinski definition) is 6. The van der Waals surface area contributed by atoms with Gasteiger partial charge in [0.05, 0.1) is 12.2 Å². The fourth-order valence-corrected chi connectivity index (χ4v) is 4.03. The molecule has 2 unspecified atom stereocenters. The van der Waals surface area contributed by atoms with Crippen molar-refractivity contribution in [2.45, 2.75) is 26.5 Å². The van der Waals surface area contributed by atoms with Crippen LogP contribution in [0.3, 0.4) is 0 Å². The summed E-state index contributed by atoms with van der Waals surface area (Å²) in [5, 5.41) is 6.64. The van der Waals surface area contributed by atoms with Gasteiger partial charge in [0, 0.05) is 65.9 Å². The predicted molar refractivity (Wildman–Crippen MR) is 129 cm³/mol. The van der Waals surface area contributed by atoms with E-state index in [2.05, 4.69) is 56.4 Å². The van der Waals surface area contributed by atoms with E-state index in [1.165, 1.54) is 26.2 Å². The van der Waals surface area contributed by atoms with Crippen LogP contribution in [0.15, 0.2) is 10.4 Å². The van der Waals surface area contributed by atoms with Gasteiger partial charge in [0.25, 0.3) is 0 Å². The summed E-state index contributed by atoms with van der Waals surface area (Å²) in [5.74, 6) is 1.49. The summed E-state index contributed by atoms with van der Waals surface area (Å²) in [6, 6.07) is 0. The van der Waals surface area contributed by atoms with Crippen molar-refractivity contribution in [3.05, 3.63) is 16.1 Å². The number of guanidine groups is 1. The average molecular weight is 525 g/mol. The minimum atomic E-state index is 0. The Bertz CT molecular complexity index is 591. The molecule has 28 heavy (non-hydrogen) atoms. The van der Waals surface area contributed by atoms with Crippen molar-refractivity contribution in [2.75, 3.05) is 67.5 Å². The van der Waals surface area contributed by atoms with E-state index < -0.39 is 0 Å². The van der Waals surface area contributed by atoms with Gasteiger partial charge < -0.3 is 24.8 Å². The van der Waals surface area contributed by atoms with Gasteiger partial charge in [0.1, 0.15) is 11.1 Å². The summed E-state index contributed by atoms with van der Waals surface area (Å²) in [7, 11) is 7.80. The number of rotatable bonds is 8. The monoisotopic (exact) mass is 524 g/mol. The van der Waals surface area contributed by atoms with Crippen LogP contribution in [0.1, 0.15) is 30.7 Å². The molecule has 1 aliphatic rings. The Morgan fingerprint density at radius 3 is 2.64 bits per heavy atom. The van der Waals surface area contributed by atoms with E-state index in [0.29, 0.717) is 5.92 Å². The molecule has 1 saturated heterocycles. The summed E-state index contributed by atoms with van der Waals surface area (Å²) in [5.41, 5.74) is 1.05. The third-order valence-corrected chi connectivity index (χ3v) is 6.07. The number of piperazine rings is 1. The Hall–Kier alpha value is -0.490. The minimum Gasteiger partial charge on any atom is -0.375 e. The topological polar surface area (TPSA) is 56.2 Å². The van der Waals surface area contributed by atoms with Crippen molar-refractivity contribution in [1.29, 1.82) is 0 Å². The van der Waals surface area contributed by atoms with Crippen molar-refractivity contribution in [2.24, 2.45) is 10.9 Å². The number of aliphatic imine (C=N–C) groups is 1. The molecule has 0 aromatic carbocycles. The second kappa shape index (κ2) is 12.9. The molecule has 0 amide bonds. The van der Waals surface area contributed by atoms with Crippen LogP contribution in [0.2, 0.25) is 0 Å². The van der Waals surface area contributed by atoms with Crippen LogP contribution < -0.4 is 5.32 Å². The van der Waals surface area contributed by atoms with Crippen LogP contribution in [-0.2, 0) is 11.3 Å². The number of halogens is 1. The summed E-state index contributed by atoms with van der Waals surface area (Å²) in [6.07, 6.45) is 0.0434. The van der Waals surface area contributed by atoms with E-state index in [1.54, 1.807) is 18.4 Å². The number of aromatic nitrogens is 1. The van der Waals surface area contributed by atoms with Gasteiger partial charge in [0.2, 0.25) is 0 Å². The maximum Gasteiger partial charge on any atom is 0.193 e. The predicted octanol–water partition coefficient (Wildman–Crippen LogP) is 2.36. The van der Waals surface area contributed by atoms with Gasteiger partial charge in [-0.25, -0.2) is 4.98 Å². The van der Waals surface area contributed by atoms with E-state index in [-0.39, 0.29) is 30.1 Å². The lowest BCUT2D eigenvalue weighted by Crippen LogP contribution is -2.47. The van der Waals surface area contributed by atoms with Crippen LogP contribution in [0.25, 0.3) is 0 Å². The fraction of sp³-hybridized carbons (Fsp3) is 0.789. The second-order valence-corrected chi connectivity index (χ2v) is 8.44. The van der Waals surface area contributed by atoms with Crippen LogP contribution in [-0.4, -0.2) is 93.2 Å². The first-order valence-corrected chi connectivity index (χ1v) is 10.6. The molecule has 9 heteroatoms. The standard InChI is InChI=1S/C19H36N6OS.HI/c1-15(12-25-9-7-23(4)8-10-25)11-21-19(20-3)24(5)13-17-14-27-18(22-17)16(2)26-6;/h14-16H,7-13H2,1-6H3,(H,20,21);1H. The minimum absolute atomic E-state index is 0. The Balaban J connectivity index is 0.00000392. The molecule has 0 spiro atoms. The van der Waals surface area contributed by atoms with E-state index >= 15 is 0 Å². The molecule has 1 fully saturated rings. The zero-order valence-electron chi connectivity index (χ0n) is 18.1. The molecule has 7 nitrogen and oxygen atoms in total. The van der Waals surface area contributed by atoms with Gasteiger partial charge in [-0.3, -0.25) is 4.99 Å². The molecule has 162 valence electrons. The summed E-state index contributed by atoms with van der Waals surface area (Å²) >= 11 is 1.65. The average Bonchev–Trinajstić information content (AvgIpc) is 3.12. The largest absolute Gasteiger partial charge is 0.375 e. The molecule has 0 saturated carbocycles. The molecular formula is C19H37IN6OS. The first kappa shape index (κ1) is 25.5. The highest BCUT2D eigenvalue weighted by atomic mass is 127. The smallest absolute Gasteiger partial charge is 0.193 e. The molecule has 1 N–H and O–H groups in total. The molecule has 1 aromatic heterocycles. The molecule has 0 radical (unpaired) electrons. The van der Waals surface area contributed by atoms with Crippen molar-refractivity contribution < 1.29 is 4.74 Å². The van der Waals surface area contributed by atoms with Crippen LogP contribution in [0.4, 0.5) is 0 Å². The van der Waals surface area contributed by atoms with E-state index in [1.807, 2.05) is 14.0 Å². The van der Waals surface area contributed by atoms with Gasteiger partial charge in [-0.2, -0.15) is 0 Å². The molecule has 1 aromatic rings. The molecule has 0 bridgehead atoms. The highest BCUT2D eigenvalue weighted by Gasteiger charge is 2.17. The van der Waals surface area contributed by atoms with Crippen LogP contribution in [0, 0.1) is 5.92 Å². The van der Waals surface area contributed by atoms with E-state index in [4.69, 9.17) is 4.74 Å². The number of thiazole rings is 1. The van der Waals surface area contributed by atoms with Gasteiger partial charge >= 0.3 is 0 Å². The number of ether oxygens (including phenoxy) is 1. The first-order valence-electron chi connectivity index (χ1n) is 9.72. The molecule has 2 atom stereocenters. The van der Waals surface area contributed by atoms with Crippen molar-refractivity contribution >= 4 is 41.3 Å². The molecule has 2 rings (SSSR count). The quantitative estimate of drug-likeness (QED) is 0.320. The van der Waals surface area contributed by atoms with Crippen molar-refractivity contribution in [3.63, 3.8) is 0 Å². The second-order valence-electron chi connectivity index (χ2n) is 7.55. The summed E-state index contributed by atoms with van der Waals surface area (Å²) in [6.45, 7) is 11.8. The Labute approximate surface area is 191 Å². The third kappa shape index (κ3) is 8.10. The SMILES string of the molecule is CN=C(NCC(C)CN1CCN(C)CC1)N(C)Cc1csc(C(C)OC)n1.I. The number of nitrogens with zero attached hydrogens (tertiary/aromatic N) is 5. The lowest BCUT2D eigenvalue weighted by atomic mass is 10.1. The molecule has 1 aliphatic heterocycles. The zero-order valence-corrected chi connectivity index (χ0v) is 21.3. The number of hydrogen-bond donors (Lipinski definition) is 1. The third-order valence-electron chi connectivity index (χ3n) is 5.02. The Morgan fingerprint density at radius 1 is 1.36 bits per heavy atom. The van der Waals surface area contributed by atoms with Gasteiger partial charge in [-0.05, 0) is 19.9 Å². The zero-order chi connectivity index (χ0) is 19.8. The van der Waals surface area contributed by atoms with Gasteiger partial charge in [0.15, 0.2) is 5.96 Å². The number of likely N-dealkylation sites (N-methyl/N-ethyl adjacent to an activating group) is 1. The highest BCUT2D eigenvalue weighted by Crippen LogP contribution is 2.20. The van der Waals surface area contributed by atoms with E-state index in [0.717, 1.165) is 36.3 Å². The maximum absolute atomic E-state index is 5.35. The first-order chi connectivity index (χ1) is 12.9. The lowest BCUT2D eigenvalue weighted by molar-refractivity contribution is 0.119. The Morgan fingerprint density at radius 2 is 2.04 bits per heavy atom. The number of methoxy groups -OCH3 is 1. The number of nitrogens with one attached hydrogen (secondary N) is 1. The highest BCUT2D eigenvalue weighted by molar-refractivity contribution is 14.0.